The van der Waals surface area contributed by atoms with Gasteiger partial charge >= 0.3 is 0 Å². The maximum absolute atomic E-state index is 4.81. The van der Waals surface area contributed by atoms with Gasteiger partial charge in [-0.3, -0.25) is 9.88 Å². The molecule has 0 spiro atoms. The van der Waals surface area contributed by atoms with Gasteiger partial charge in [-0.25, -0.2) is 0 Å². The van der Waals surface area contributed by atoms with Gasteiger partial charge in [0.15, 0.2) is 0 Å². The molecule has 0 radical (unpaired) electrons. The normalized spacial score (nSPS) is 19.6. The van der Waals surface area contributed by atoms with Gasteiger partial charge in [0.25, 0.3) is 0 Å². The number of benzene rings is 1. The van der Waals surface area contributed by atoms with Crippen LogP contribution in [0.5, 0.6) is 0 Å². The third-order valence-corrected chi connectivity index (χ3v) is 5.49. The number of fused-ring (bicyclic) bond motifs is 1. The van der Waals surface area contributed by atoms with Crippen LogP contribution in [-0.4, -0.2) is 23.0 Å². The molecule has 0 amide bonds. The summed E-state index contributed by atoms with van der Waals surface area (Å²) >= 11 is 0. The van der Waals surface area contributed by atoms with Crippen molar-refractivity contribution in [2.75, 3.05) is 13.1 Å². The lowest BCUT2D eigenvalue weighted by atomic mass is 9.89. The van der Waals surface area contributed by atoms with Gasteiger partial charge in [0.05, 0.1) is 5.52 Å². The SMILES string of the molecule is CC(C)c1c(C2CC2)cc(CN2CCCCC2)c2cccnc12. The summed E-state index contributed by atoms with van der Waals surface area (Å²) in [6.07, 6.45) is 8.81. The van der Waals surface area contributed by atoms with Gasteiger partial charge in [-0.1, -0.05) is 32.4 Å². The van der Waals surface area contributed by atoms with Crippen molar-refractivity contribution in [3.63, 3.8) is 0 Å². The Balaban J connectivity index is 1.81. The van der Waals surface area contributed by atoms with E-state index in [4.69, 9.17) is 4.98 Å². The average Bonchev–Trinajstić information content (AvgIpc) is 3.40. The van der Waals surface area contributed by atoms with Crippen molar-refractivity contribution >= 4 is 10.9 Å². The highest BCUT2D eigenvalue weighted by molar-refractivity contribution is 5.87. The van der Waals surface area contributed by atoms with Gasteiger partial charge < -0.3 is 0 Å². The Morgan fingerprint density at radius 2 is 1.96 bits per heavy atom. The van der Waals surface area contributed by atoms with E-state index in [0.717, 1.165) is 12.5 Å². The minimum atomic E-state index is 0.548. The molecule has 0 unspecified atom stereocenters. The lowest BCUT2D eigenvalue weighted by Crippen LogP contribution is -2.29. The Hall–Kier alpha value is -1.41. The van der Waals surface area contributed by atoms with Gasteiger partial charge in [0.2, 0.25) is 0 Å². The summed E-state index contributed by atoms with van der Waals surface area (Å²) in [6, 6.07) is 6.92. The Morgan fingerprint density at radius 1 is 1.17 bits per heavy atom. The van der Waals surface area contributed by atoms with Crippen LogP contribution in [0, 0.1) is 0 Å². The highest BCUT2D eigenvalue weighted by Crippen LogP contribution is 2.46. The lowest BCUT2D eigenvalue weighted by molar-refractivity contribution is 0.221. The molecule has 1 aromatic heterocycles. The summed E-state index contributed by atoms with van der Waals surface area (Å²) < 4.78 is 0. The molecule has 23 heavy (non-hydrogen) atoms. The molecule has 1 aliphatic carbocycles. The summed E-state index contributed by atoms with van der Waals surface area (Å²) in [5, 5.41) is 1.38. The number of piperidine rings is 1. The van der Waals surface area contributed by atoms with Crippen LogP contribution >= 0.6 is 0 Å². The van der Waals surface area contributed by atoms with E-state index >= 15 is 0 Å². The predicted octanol–water partition coefficient (Wildman–Crippen LogP) is 5.22. The van der Waals surface area contributed by atoms with Crippen LogP contribution in [0.25, 0.3) is 10.9 Å². The van der Waals surface area contributed by atoms with E-state index in [1.54, 1.807) is 5.56 Å². The standard InChI is InChI=1S/C21H28N2/c1-15(2)20-19(16-8-9-16)13-17(14-23-11-4-3-5-12-23)18-7-6-10-22-21(18)20/h6-7,10,13,15-16H,3-5,8-9,11-12,14H2,1-2H3. The first-order valence-corrected chi connectivity index (χ1v) is 9.37. The summed E-state index contributed by atoms with van der Waals surface area (Å²) in [6.45, 7) is 8.25. The van der Waals surface area contributed by atoms with E-state index in [9.17, 15) is 0 Å². The zero-order valence-electron chi connectivity index (χ0n) is 14.5. The minimum Gasteiger partial charge on any atom is -0.299 e. The second-order valence-corrected chi connectivity index (χ2v) is 7.70. The maximum atomic E-state index is 4.81. The number of likely N-dealkylation sites (tertiary alicyclic amines) is 1. The van der Waals surface area contributed by atoms with Crippen LogP contribution < -0.4 is 0 Å². The molecule has 0 bridgehead atoms. The van der Waals surface area contributed by atoms with Crippen molar-refractivity contribution in [1.29, 1.82) is 0 Å². The zero-order chi connectivity index (χ0) is 15.8. The average molecular weight is 308 g/mol. The van der Waals surface area contributed by atoms with Crippen LogP contribution in [-0.2, 0) is 6.54 Å². The number of rotatable bonds is 4. The second-order valence-electron chi connectivity index (χ2n) is 7.70. The Morgan fingerprint density at radius 3 is 2.65 bits per heavy atom. The molecule has 2 aromatic rings. The van der Waals surface area contributed by atoms with E-state index < -0.39 is 0 Å². The van der Waals surface area contributed by atoms with Crippen LogP contribution in [0.15, 0.2) is 24.4 Å². The topological polar surface area (TPSA) is 16.1 Å². The van der Waals surface area contributed by atoms with Crippen molar-refractivity contribution in [1.82, 2.24) is 9.88 Å². The summed E-state index contributed by atoms with van der Waals surface area (Å²) in [5.74, 6) is 1.34. The van der Waals surface area contributed by atoms with E-state index in [2.05, 4.69) is 36.9 Å². The highest BCUT2D eigenvalue weighted by atomic mass is 15.1. The van der Waals surface area contributed by atoms with Crippen molar-refractivity contribution in [3.05, 3.63) is 41.1 Å². The second kappa shape index (κ2) is 6.24. The number of pyridine rings is 1. The minimum absolute atomic E-state index is 0.548. The first kappa shape index (κ1) is 15.1. The number of hydrogen-bond donors (Lipinski definition) is 0. The lowest BCUT2D eigenvalue weighted by Gasteiger charge is -2.28. The molecule has 0 N–H and O–H groups in total. The highest BCUT2D eigenvalue weighted by Gasteiger charge is 2.29. The van der Waals surface area contributed by atoms with Gasteiger partial charge in [-0.2, -0.15) is 0 Å². The molecule has 2 fully saturated rings. The van der Waals surface area contributed by atoms with Crippen LogP contribution in [0.3, 0.4) is 0 Å². The molecule has 2 heteroatoms. The third-order valence-electron chi connectivity index (χ3n) is 5.49. The molecule has 1 saturated carbocycles. The zero-order valence-corrected chi connectivity index (χ0v) is 14.5. The molecule has 2 heterocycles. The molecule has 1 aromatic carbocycles. The Bertz CT molecular complexity index is 694. The van der Waals surface area contributed by atoms with Crippen LogP contribution in [0.2, 0.25) is 0 Å². The Labute approximate surface area is 139 Å². The molecular formula is C21H28N2. The smallest absolute Gasteiger partial charge is 0.0742 e. The molecule has 1 saturated heterocycles. The van der Waals surface area contributed by atoms with E-state index in [1.807, 2.05) is 6.20 Å². The van der Waals surface area contributed by atoms with Gasteiger partial charge in [-0.05, 0) is 73.4 Å². The molecule has 122 valence electrons. The van der Waals surface area contributed by atoms with Crippen molar-refractivity contribution in [3.8, 4) is 0 Å². The number of aromatic nitrogens is 1. The van der Waals surface area contributed by atoms with Gasteiger partial charge in [0.1, 0.15) is 0 Å². The first-order valence-electron chi connectivity index (χ1n) is 9.37. The van der Waals surface area contributed by atoms with Crippen LogP contribution in [0.4, 0.5) is 0 Å². The molecule has 4 rings (SSSR count). The number of hydrogen-bond acceptors (Lipinski definition) is 2. The maximum Gasteiger partial charge on any atom is 0.0742 e. The molecule has 1 aliphatic heterocycles. The van der Waals surface area contributed by atoms with Gasteiger partial charge in [0, 0.05) is 18.1 Å². The first-order chi connectivity index (χ1) is 11.2. The molecular weight excluding hydrogens is 280 g/mol. The van der Waals surface area contributed by atoms with Gasteiger partial charge in [-0.15, -0.1) is 0 Å². The van der Waals surface area contributed by atoms with E-state index in [-0.39, 0.29) is 0 Å². The Kier molecular flexibility index (Phi) is 4.11. The summed E-state index contributed by atoms with van der Waals surface area (Å²) in [7, 11) is 0. The van der Waals surface area contributed by atoms with E-state index in [1.165, 1.54) is 67.2 Å². The fourth-order valence-corrected chi connectivity index (χ4v) is 4.19. The van der Waals surface area contributed by atoms with Crippen LogP contribution in [0.1, 0.15) is 74.5 Å². The molecule has 2 aliphatic rings. The molecule has 2 nitrogen and oxygen atoms in total. The van der Waals surface area contributed by atoms with Crippen molar-refractivity contribution in [2.45, 2.75) is 64.3 Å². The quantitative estimate of drug-likeness (QED) is 0.769. The van der Waals surface area contributed by atoms with Crippen molar-refractivity contribution < 1.29 is 0 Å². The predicted molar refractivity (Wildman–Crippen MR) is 96.9 cm³/mol. The fourth-order valence-electron chi connectivity index (χ4n) is 4.19. The largest absolute Gasteiger partial charge is 0.299 e. The summed E-state index contributed by atoms with van der Waals surface area (Å²) in [5.41, 5.74) is 5.86. The van der Waals surface area contributed by atoms with E-state index in [0.29, 0.717) is 5.92 Å². The fraction of sp³-hybridized carbons (Fsp3) is 0.571. The third kappa shape index (κ3) is 3.01. The monoisotopic (exact) mass is 308 g/mol. The van der Waals surface area contributed by atoms with Crippen molar-refractivity contribution in [2.24, 2.45) is 0 Å². The summed E-state index contributed by atoms with van der Waals surface area (Å²) in [4.78, 5) is 7.44. The number of nitrogens with zero attached hydrogens (tertiary/aromatic N) is 2. The molecule has 0 atom stereocenters.